The molecule has 2 heterocycles. The van der Waals surface area contributed by atoms with Crippen LogP contribution in [0.4, 0.5) is 0 Å². The number of rotatable bonds is 4. The van der Waals surface area contributed by atoms with Crippen molar-refractivity contribution >= 4 is 39.2 Å². The lowest BCUT2D eigenvalue weighted by molar-refractivity contribution is -0.121. The van der Waals surface area contributed by atoms with Crippen LogP contribution < -0.4 is 5.32 Å². The van der Waals surface area contributed by atoms with Gasteiger partial charge in [0.2, 0.25) is 5.91 Å². The number of amides is 1. The van der Waals surface area contributed by atoms with Crippen LogP contribution >= 0.6 is 23.1 Å². The van der Waals surface area contributed by atoms with Gasteiger partial charge < -0.3 is 5.32 Å². The zero-order chi connectivity index (χ0) is 19.7. The van der Waals surface area contributed by atoms with E-state index in [1.165, 1.54) is 35.0 Å². The summed E-state index contributed by atoms with van der Waals surface area (Å²) in [5.74, 6) is 0.684. The zero-order valence-electron chi connectivity index (χ0n) is 16.5. The van der Waals surface area contributed by atoms with E-state index in [0.29, 0.717) is 0 Å². The predicted molar refractivity (Wildman–Crippen MR) is 114 cm³/mol. The second kappa shape index (κ2) is 8.00. The Bertz CT molecular complexity index is 940. The van der Waals surface area contributed by atoms with Crippen LogP contribution in [0.25, 0.3) is 10.2 Å². The summed E-state index contributed by atoms with van der Waals surface area (Å²) >= 11 is 3.29. The second-order valence-electron chi connectivity index (χ2n) is 7.97. The number of carbonyl (C=O) groups is 1. The SMILES string of the molecule is Cc1nc(S[C@@H](C)C(=O)NC2(C#N)CCCCC2)c2c3c(sc2n1)CCCC3. The molecule has 0 aromatic carbocycles. The molecule has 148 valence electrons. The Labute approximate surface area is 174 Å². The van der Waals surface area contributed by atoms with Gasteiger partial charge in [-0.15, -0.1) is 11.3 Å². The maximum absolute atomic E-state index is 12.9. The first-order chi connectivity index (χ1) is 13.5. The van der Waals surface area contributed by atoms with E-state index in [-0.39, 0.29) is 11.2 Å². The van der Waals surface area contributed by atoms with Gasteiger partial charge in [0, 0.05) is 10.3 Å². The van der Waals surface area contributed by atoms with Crippen molar-refractivity contribution in [1.29, 1.82) is 5.26 Å². The third-order valence-electron chi connectivity index (χ3n) is 5.83. The normalized spacial score (nSPS) is 19.6. The van der Waals surface area contributed by atoms with E-state index in [2.05, 4.69) is 16.4 Å². The smallest absolute Gasteiger partial charge is 0.234 e. The van der Waals surface area contributed by atoms with Gasteiger partial charge in [-0.1, -0.05) is 31.0 Å². The molecule has 1 fully saturated rings. The number of aromatic nitrogens is 2. The Hall–Kier alpha value is -1.65. The Morgan fingerprint density at radius 2 is 1.96 bits per heavy atom. The van der Waals surface area contributed by atoms with Crippen molar-refractivity contribution in [1.82, 2.24) is 15.3 Å². The summed E-state index contributed by atoms with van der Waals surface area (Å²) in [5, 5.41) is 14.5. The Morgan fingerprint density at radius 1 is 1.21 bits per heavy atom. The van der Waals surface area contributed by atoms with Crippen LogP contribution in [0.2, 0.25) is 0 Å². The van der Waals surface area contributed by atoms with E-state index in [0.717, 1.165) is 66.0 Å². The second-order valence-corrected chi connectivity index (χ2v) is 10.4. The average molecular weight is 415 g/mol. The van der Waals surface area contributed by atoms with Crippen molar-refractivity contribution < 1.29 is 4.79 Å². The fraction of sp³-hybridized carbons (Fsp3) is 0.619. The highest BCUT2D eigenvalue weighted by molar-refractivity contribution is 8.00. The molecule has 0 unspecified atom stereocenters. The molecule has 1 atom stereocenters. The highest BCUT2D eigenvalue weighted by atomic mass is 32.2. The third-order valence-corrected chi connectivity index (χ3v) is 8.11. The zero-order valence-corrected chi connectivity index (χ0v) is 18.1. The summed E-state index contributed by atoms with van der Waals surface area (Å²) in [4.78, 5) is 24.8. The van der Waals surface area contributed by atoms with Gasteiger partial charge in [0.25, 0.3) is 0 Å². The van der Waals surface area contributed by atoms with Crippen LogP contribution in [0, 0.1) is 18.3 Å². The lowest BCUT2D eigenvalue weighted by Gasteiger charge is -2.32. The summed E-state index contributed by atoms with van der Waals surface area (Å²) in [7, 11) is 0. The van der Waals surface area contributed by atoms with Crippen molar-refractivity contribution in [2.24, 2.45) is 0 Å². The Balaban J connectivity index is 1.58. The molecular weight excluding hydrogens is 388 g/mol. The number of hydrogen-bond donors (Lipinski definition) is 1. The standard InChI is InChI=1S/C21H26N4OS2/c1-13(18(26)25-21(12-22)10-6-3-7-11-21)27-19-17-15-8-4-5-9-16(15)28-20(17)24-14(2)23-19/h13H,3-11H2,1-2H3,(H,25,26)/t13-/m0/s1. The van der Waals surface area contributed by atoms with Crippen LogP contribution in [-0.4, -0.2) is 26.7 Å². The van der Waals surface area contributed by atoms with Gasteiger partial charge in [-0.3, -0.25) is 4.79 Å². The number of fused-ring (bicyclic) bond motifs is 3. The maximum Gasteiger partial charge on any atom is 0.234 e. The fourth-order valence-electron chi connectivity index (χ4n) is 4.29. The number of nitrogens with zero attached hydrogens (tertiary/aromatic N) is 3. The van der Waals surface area contributed by atoms with Crippen molar-refractivity contribution in [3.05, 3.63) is 16.3 Å². The molecule has 1 N–H and O–H groups in total. The summed E-state index contributed by atoms with van der Waals surface area (Å²) < 4.78 is 0. The first-order valence-electron chi connectivity index (χ1n) is 10.2. The summed E-state index contributed by atoms with van der Waals surface area (Å²) in [6.07, 6.45) is 9.30. The average Bonchev–Trinajstić information content (AvgIpc) is 3.06. The molecule has 0 radical (unpaired) electrons. The number of thioether (sulfide) groups is 1. The van der Waals surface area contributed by atoms with Gasteiger partial charge >= 0.3 is 0 Å². The lowest BCUT2D eigenvalue weighted by atomic mass is 9.83. The first kappa shape index (κ1) is 19.7. The molecule has 2 aliphatic carbocycles. The maximum atomic E-state index is 12.9. The minimum Gasteiger partial charge on any atom is -0.337 e. The van der Waals surface area contributed by atoms with Crippen molar-refractivity contribution in [2.45, 2.75) is 87.4 Å². The molecule has 0 bridgehead atoms. The van der Waals surface area contributed by atoms with Gasteiger partial charge in [-0.05, 0) is 57.9 Å². The minimum absolute atomic E-state index is 0.0676. The van der Waals surface area contributed by atoms with E-state index in [9.17, 15) is 10.1 Å². The van der Waals surface area contributed by atoms with Gasteiger partial charge in [0.15, 0.2) is 0 Å². The van der Waals surface area contributed by atoms with Crippen molar-refractivity contribution in [3.63, 3.8) is 0 Å². The van der Waals surface area contributed by atoms with Crippen molar-refractivity contribution in [3.8, 4) is 6.07 Å². The topological polar surface area (TPSA) is 78.7 Å². The highest BCUT2D eigenvalue weighted by Gasteiger charge is 2.35. The van der Waals surface area contributed by atoms with Gasteiger partial charge in [0.05, 0.1) is 11.3 Å². The predicted octanol–water partition coefficient (Wildman–Crippen LogP) is 4.70. The highest BCUT2D eigenvalue weighted by Crippen LogP contribution is 2.40. The van der Waals surface area contributed by atoms with Crippen LogP contribution in [-0.2, 0) is 17.6 Å². The monoisotopic (exact) mass is 414 g/mol. The molecule has 1 amide bonds. The molecule has 0 saturated heterocycles. The van der Waals surface area contributed by atoms with E-state index in [1.54, 1.807) is 11.3 Å². The van der Waals surface area contributed by atoms with Gasteiger partial charge in [-0.2, -0.15) is 5.26 Å². The molecule has 2 aliphatic rings. The molecule has 2 aromatic rings. The van der Waals surface area contributed by atoms with E-state index < -0.39 is 5.54 Å². The fourth-order valence-corrected chi connectivity index (χ4v) is 6.68. The van der Waals surface area contributed by atoms with Crippen LogP contribution in [0.1, 0.15) is 68.1 Å². The number of aryl methyl sites for hydroxylation is 3. The number of nitriles is 1. The van der Waals surface area contributed by atoms with E-state index in [4.69, 9.17) is 4.98 Å². The summed E-state index contributed by atoms with van der Waals surface area (Å²) in [6.45, 7) is 3.83. The molecule has 0 spiro atoms. The minimum atomic E-state index is -0.692. The van der Waals surface area contributed by atoms with E-state index in [1.807, 2.05) is 13.8 Å². The molecule has 5 nitrogen and oxygen atoms in total. The molecule has 1 saturated carbocycles. The summed E-state index contributed by atoms with van der Waals surface area (Å²) in [5.41, 5.74) is 0.699. The van der Waals surface area contributed by atoms with E-state index >= 15 is 0 Å². The summed E-state index contributed by atoms with van der Waals surface area (Å²) in [6, 6.07) is 2.38. The Kier molecular flexibility index (Phi) is 5.62. The molecule has 7 heteroatoms. The third kappa shape index (κ3) is 3.77. The number of hydrogen-bond acceptors (Lipinski definition) is 6. The number of carbonyl (C=O) groups excluding carboxylic acids is 1. The van der Waals surface area contributed by atoms with Gasteiger partial charge in [-0.25, -0.2) is 9.97 Å². The molecule has 0 aliphatic heterocycles. The van der Waals surface area contributed by atoms with Crippen LogP contribution in [0.3, 0.4) is 0 Å². The van der Waals surface area contributed by atoms with Crippen LogP contribution in [0.15, 0.2) is 5.03 Å². The van der Waals surface area contributed by atoms with Gasteiger partial charge in [0.1, 0.15) is 21.2 Å². The molecule has 28 heavy (non-hydrogen) atoms. The van der Waals surface area contributed by atoms with Crippen molar-refractivity contribution in [2.75, 3.05) is 0 Å². The molecule has 2 aromatic heterocycles. The lowest BCUT2D eigenvalue weighted by Crippen LogP contribution is -2.50. The first-order valence-corrected chi connectivity index (χ1v) is 11.9. The molecule has 4 rings (SSSR count). The number of nitrogens with one attached hydrogen (secondary N) is 1. The number of thiophene rings is 1. The Morgan fingerprint density at radius 3 is 2.71 bits per heavy atom. The quantitative estimate of drug-likeness (QED) is 0.579. The molecular formula is C21H26N4OS2. The van der Waals surface area contributed by atoms with Crippen LogP contribution in [0.5, 0.6) is 0 Å². The largest absolute Gasteiger partial charge is 0.337 e.